The molecule has 2 rings (SSSR count). The molecule has 2 aromatic carbocycles. The Labute approximate surface area is 153 Å². The van der Waals surface area contributed by atoms with Crippen LogP contribution in [0.1, 0.15) is 45.4 Å². The summed E-state index contributed by atoms with van der Waals surface area (Å²) in [6, 6.07) is 8.07. The summed E-state index contributed by atoms with van der Waals surface area (Å²) in [5.41, 5.74) is 0.335. The van der Waals surface area contributed by atoms with Gasteiger partial charge in [-0.2, -0.15) is 0 Å². The highest BCUT2D eigenvalue weighted by molar-refractivity contribution is 9.10. The van der Waals surface area contributed by atoms with E-state index in [1.165, 1.54) is 31.2 Å². The van der Waals surface area contributed by atoms with E-state index in [0.717, 1.165) is 6.07 Å². The fraction of sp³-hybridized carbons (Fsp3) is 0.111. The fourth-order valence-electron chi connectivity index (χ4n) is 1.44. The summed E-state index contributed by atoms with van der Waals surface area (Å²) in [7, 11) is 0. The SMILES string of the molecule is C.C=O.CC(=O)c1ccc(C=O)c(F)c1.O=Cc1ccc(Br)cc1F. The lowest BCUT2D eigenvalue weighted by Gasteiger charge is -1.96. The van der Waals surface area contributed by atoms with E-state index in [-0.39, 0.29) is 29.9 Å². The Morgan fingerprint density at radius 3 is 1.76 bits per heavy atom. The number of benzene rings is 2. The summed E-state index contributed by atoms with van der Waals surface area (Å²) in [5.74, 6) is -1.37. The van der Waals surface area contributed by atoms with E-state index in [1.54, 1.807) is 6.07 Å². The maximum atomic E-state index is 12.8. The third kappa shape index (κ3) is 8.21. The first-order valence-corrected chi connectivity index (χ1v) is 7.13. The van der Waals surface area contributed by atoms with E-state index >= 15 is 0 Å². The first-order chi connectivity index (χ1) is 11.4. The van der Waals surface area contributed by atoms with Crippen molar-refractivity contribution in [3.05, 3.63) is 69.2 Å². The molecule has 0 heterocycles. The number of carbonyl (C=O) groups is 4. The van der Waals surface area contributed by atoms with Crippen molar-refractivity contribution in [1.29, 1.82) is 0 Å². The molecule has 134 valence electrons. The van der Waals surface area contributed by atoms with Crippen LogP contribution < -0.4 is 0 Å². The molecule has 0 amide bonds. The van der Waals surface area contributed by atoms with E-state index in [0.29, 0.717) is 17.0 Å². The van der Waals surface area contributed by atoms with Crippen molar-refractivity contribution in [2.45, 2.75) is 14.4 Å². The normalized spacial score (nSPS) is 8.48. The number of halogens is 3. The molecule has 0 atom stereocenters. The lowest BCUT2D eigenvalue weighted by molar-refractivity contribution is -0.0980. The van der Waals surface area contributed by atoms with Gasteiger partial charge in [-0.05, 0) is 37.3 Å². The Kier molecular flexibility index (Phi) is 12.7. The van der Waals surface area contributed by atoms with Crippen LogP contribution >= 0.6 is 15.9 Å². The Morgan fingerprint density at radius 1 is 0.960 bits per heavy atom. The molecule has 0 aliphatic heterocycles. The number of carbonyl (C=O) groups excluding carboxylic acids is 4. The minimum atomic E-state index is -0.655. The van der Waals surface area contributed by atoms with Gasteiger partial charge < -0.3 is 4.79 Å². The minimum Gasteiger partial charge on any atom is -0.307 e. The third-order valence-corrected chi connectivity index (χ3v) is 3.12. The van der Waals surface area contributed by atoms with Gasteiger partial charge in [-0.3, -0.25) is 14.4 Å². The Bertz CT molecular complexity index is 733. The predicted molar refractivity (Wildman–Crippen MR) is 95.1 cm³/mol. The number of Topliss-reactive ketones (excluding diaryl/α,β-unsaturated/α-hetero) is 1. The van der Waals surface area contributed by atoms with Crippen molar-refractivity contribution in [1.82, 2.24) is 0 Å². The van der Waals surface area contributed by atoms with Gasteiger partial charge in [-0.25, -0.2) is 8.78 Å². The van der Waals surface area contributed by atoms with E-state index in [4.69, 9.17) is 4.79 Å². The second-order valence-corrected chi connectivity index (χ2v) is 5.11. The molecule has 0 unspecified atom stereocenters. The number of rotatable bonds is 3. The number of hydrogen-bond acceptors (Lipinski definition) is 4. The molecule has 0 spiro atoms. The van der Waals surface area contributed by atoms with Crippen LogP contribution in [0.5, 0.6) is 0 Å². The van der Waals surface area contributed by atoms with Gasteiger partial charge in [0.1, 0.15) is 18.4 Å². The average Bonchev–Trinajstić information content (AvgIpc) is 2.57. The van der Waals surface area contributed by atoms with Crippen LogP contribution in [0.4, 0.5) is 8.78 Å². The number of aldehydes is 2. The Balaban J connectivity index is 0. The van der Waals surface area contributed by atoms with E-state index in [1.807, 2.05) is 6.79 Å². The van der Waals surface area contributed by atoms with Crippen molar-refractivity contribution >= 4 is 41.1 Å². The molecule has 0 bridgehead atoms. The van der Waals surface area contributed by atoms with Gasteiger partial charge in [0.2, 0.25) is 0 Å². The van der Waals surface area contributed by atoms with E-state index in [9.17, 15) is 23.2 Å². The zero-order valence-corrected chi connectivity index (χ0v) is 14.2. The van der Waals surface area contributed by atoms with Crippen molar-refractivity contribution in [2.24, 2.45) is 0 Å². The van der Waals surface area contributed by atoms with Gasteiger partial charge >= 0.3 is 0 Å². The van der Waals surface area contributed by atoms with Crippen LogP contribution in [0.25, 0.3) is 0 Å². The lowest BCUT2D eigenvalue weighted by Crippen LogP contribution is -1.95. The summed E-state index contributed by atoms with van der Waals surface area (Å²) in [6.45, 7) is 3.34. The average molecular weight is 415 g/mol. The highest BCUT2D eigenvalue weighted by atomic mass is 79.9. The van der Waals surface area contributed by atoms with Crippen LogP contribution in [0.15, 0.2) is 40.9 Å². The molecular weight excluding hydrogens is 398 g/mol. The molecular formula is C18H17BrF2O4. The van der Waals surface area contributed by atoms with Gasteiger partial charge in [-0.15, -0.1) is 0 Å². The molecule has 2 aromatic rings. The summed E-state index contributed by atoms with van der Waals surface area (Å²) < 4.78 is 26.1. The second-order valence-electron chi connectivity index (χ2n) is 4.19. The monoisotopic (exact) mass is 414 g/mol. The van der Waals surface area contributed by atoms with Crippen molar-refractivity contribution in [3.8, 4) is 0 Å². The molecule has 0 aromatic heterocycles. The third-order valence-electron chi connectivity index (χ3n) is 2.62. The highest BCUT2D eigenvalue weighted by Crippen LogP contribution is 2.13. The quantitative estimate of drug-likeness (QED) is 0.539. The zero-order valence-electron chi connectivity index (χ0n) is 12.6. The van der Waals surface area contributed by atoms with Crippen molar-refractivity contribution < 1.29 is 28.0 Å². The molecule has 0 fully saturated rings. The molecule has 0 aliphatic rings. The standard InChI is InChI=1S/C9H7FO2.C7H4BrFO.CH2O.CH4/c1-6(12)7-2-3-8(5-11)9(10)4-7;8-6-2-1-5(4-10)7(9)3-6;1-2;/h2-5H,1H3;1-4H;1H2;1H4. The smallest absolute Gasteiger partial charge is 0.159 e. The van der Waals surface area contributed by atoms with Crippen LogP contribution in [-0.2, 0) is 4.79 Å². The van der Waals surface area contributed by atoms with Crippen LogP contribution in [0.3, 0.4) is 0 Å². The van der Waals surface area contributed by atoms with Crippen LogP contribution in [-0.4, -0.2) is 25.1 Å². The van der Waals surface area contributed by atoms with E-state index < -0.39 is 11.6 Å². The van der Waals surface area contributed by atoms with Gasteiger partial charge in [0.15, 0.2) is 18.4 Å². The van der Waals surface area contributed by atoms with Gasteiger partial charge in [0.05, 0.1) is 11.1 Å². The van der Waals surface area contributed by atoms with Crippen LogP contribution in [0, 0.1) is 11.6 Å². The molecule has 4 nitrogen and oxygen atoms in total. The minimum absolute atomic E-state index is 0. The number of ketones is 1. The van der Waals surface area contributed by atoms with Gasteiger partial charge in [0.25, 0.3) is 0 Å². The maximum Gasteiger partial charge on any atom is 0.159 e. The summed E-state index contributed by atoms with van der Waals surface area (Å²) in [4.78, 5) is 39.0. The molecule has 0 saturated heterocycles. The largest absolute Gasteiger partial charge is 0.307 e. The number of hydrogen-bond donors (Lipinski definition) is 0. The summed E-state index contributed by atoms with van der Waals surface area (Å²) >= 11 is 3.07. The van der Waals surface area contributed by atoms with Gasteiger partial charge in [-0.1, -0.05) is 29.4 Å². The maximum absolute atomic E-state index is 12.8. The molecule has 0 saturated carbocycles. The summed E-state index contributed by atoms with van der Waals surface area (Å²) in [6.07, 6.45) is 0.904. The zero-order chi connectivity index (χ0) is 18.7. The Hall–Kier alpha value is -2.54. The van der Waals surface area contributed by atoms with Crippen molar-refractivity contribution in [2.75, 3.05) is 0 Å². The van der Waals surface area contributed by atoms with Crippen LogP contribution in [0.2, 0.25) is 0 Å². The molecule has 0 aliphatic carbocycles. The predicted octanol–water partition coefficient (Wildman–Crippen LogP) is 4.69. The van der Waals surface area contributed by atoms with Crippen molar-refractivity contribution in [3.63, 3.8) is 0 Å². The topological polar surface area (TPSA) is 68.3 Å². The molecule has 0 radical (unpaired) electrons. The molecule has 0 N–H and O–H groups in total. The second kappa shape index (κ2) is 12.8. The van der Waals surface area contributed by atoms with Gasteiger partial charge in [0, 0.05) is 10.0 Å². The fourth-order valence-corrected chi connectivity index (χ4v) is 1.77. The highest BCUT2D eigenvalue weighted by Gasteiger charge is 2.04. The first kappa shape index (κ1) is 24.7. The first-order valence-electron chi connectivity index (χ1n) is 6.33. The summed E-state index contributed by atoms with van der Waals surface area (Å²) in [5, 5.41) is 0. The molecule has 25 heavy (non-hydrogen) atoms. The lowest BCUT2D eigenvalue weighted by atomic mass is 10.1. The van der Waals surface area contributed by atoms with E-state index in [2.05, 4.69) is 15.9 Å². The molecule has 7 heteroatoms. The Morgan fingerprint density at radius 2 is 1.40 bits per heavy atom.